The first kappa shape index (κ1) is 10.6. The van der Waals surface area contributed by atoms with Gasteiger partial charge in [-0.25, -0.2) is 4.79 Å². The summed E-state index contributed by atoms with van der Waals surface area (Å²) >= 11 is 1.46. The molecule has 0 aromatic rings. The van der Waals surface area contributed by atoms with Crippen LogP contribution in [0.1, 0.15) is 20.3 Å². The number of carbonyl (C=O) groups is 1. The summed E-state index contributed by atoms with van der Waals surface area (Å²) in [5, 5.41) is 0. The molecule has 0 radical (unpaired) electrons. The smallest absolute Gasteiger partial charge is 0.343 e. The lowest BCUT2D eigenvalue weighted by molar-refractivity contribution is -0.135. The SMILES string of the molecule is COC(=O)/C(=C/C1CC1(C)C)SC. The topological polar surface area (TPSA) is 26.3 Å². The molecule has 1 saturated carbocycles. The van der Waals surface area contributed by atoms with Crippen LogP contribution in [0.2, 0.25) is 0 Å². The number of carbonyl (C=O) groups excluding carboxylic acids is 1. The van der Waals surface area contributed by atoms with Crippen LogP contribution in [0, 0.1) is 11.3 Å². The summed E-state index contributed by atoms with van der Waals surface area (Å²) in [5.41, 5.74) is 0.384. The van der Waals surface area contributed by atoms with Gasteiger partial charge in [-0.3, -0.25) is 0 Å². The Kier molecular flexibility index (Phi) is 3.06. The van der Waals surface area contributed by atoms with Crippen LogP contribution in [0.5, 0.6) is 0 Å². The molecular formula is C10H16O2S. The molecule has 0 spiro atoms. The van der Waals surface area contributed by atoms with Gasteiger partial charge in [0.25, 0.3) is 0 Å². The summed E-state index contributed by atoms with van der Waals surface area (Å²) in [5.74, 6) is 0.337. The molecule has 0 amide bonds. The van der Waals surface area contributed by atoms with Crippen molar-refractivity contribution in [3.8, 4) is 0 Å². The Labute approximate surface area is 83.7 Å². The van der Waals surface area contributed by atoms with Gasteiger partial charge >= 0.3 is 5.97 Å². The maximum Gasteiger partial charge on any atom is 0.343 e. The molecule has 0 aromatic carbocycles. The van der Waals surface area contributed by atoms with Gasteiger partial charge in [-0.05, 0) is 24.0 Å². The number of esters is 1. The minimum Gasteiger partial charge on any atom is -0.465 e. The highest BCUT2D eigenvalue weighted by atomic mass is 32.2. The number of hydrogen-bond donors (Lipinski definition) is 0. The van der Waals surface area contributed by atoms with Crippen LogP contribution in [-0.2, 0) is 9.53 Å². The number of methoxy groups -OCH3 is 1. The number of ether oxygens (including phenoxy) is 1. The minimum atomic E-state index is -0.213. The standard InChI is InChI=1S/C10H16O2S/c1-10(2)6-7(10)5-8(13-4)9(11)12-3/h5,7H,6H2,1-4H3/b8-5-. The summed E-state index contributed by atoms with van der Waals surface area (Å²) in [7, 11) is 1.42. The monoisotopic (exact) mass is 200 g/mol. The number of thioether (sulfide) groups is 1. The molecule has 1 fully saturated rings. The highest BCUT2D eigenvalue weighted by Crippen LogP contribution is 2.53. The maximum absolute atomic E-state index is 11.2. The second-order valence-corrected chi connectivity index (χ2v) is 4.87. The van der Waals surface area contributed by atoms with E-state index in [2.05, 4.69) is 18.6 Å². The van der Waals surface area contributed by atoms with Crippen LogP contribution in [-0.4, -0.2) is 19.3 Å². The molecule has 0 bridgehead atoms. The van der Waals surface area contributed by atoms with Crippen molar-refractivity contribution in [3.05, 3.63) is 11.0 Å². The highest BCUT2D eigenvalue weighted by Gasteiger charge is 2.44. The summed E-state index contributed by atoms with van der Waals surface area (Å²) in [6.07, 6.45) is 5.11. The summed E-state index contributed by atoms with van der Waals surface area (Å²) in [6.45, 7) is 4.42. The number of hydrogen-bond acceptors (Lipinski definition) is 3. The Bertz CT molecular complexity index is 243. The fraction of sp³-hybridized carbons (Fsp3) is 0.700. The van der Waals surface area contributed by atoms with Crippen LogP contribution in [0.15, 0.2) is 11.0 Å². The second kappa shape index (κ2) is 3.74. The quantitative estimate of drug-likeness (QED) is 0.517. The molecule has 1 aliphatic rings. The van der Waals surface area contributed by atoms with Crippen molar-refractivity contribution < 1.29 is 9.53 Å². The lowest BCUT2D eigenvalue weighted by Gasteiger charge is -2.02. The summed E-state index contributed by atoms with van der Waals surface area (Å²) < 4.78 is 4.67. The fourth-order valence-electron chi connectivity index (χ4n) is 1.30. The van der Waals surface area contributed by atoms with Crippen LogP contribution < -0.4 is 0 Å². The van der Waals surface area contributed by atoms with Crippen LogP contribution in [0.4, 0.5) is 0 Å². The van der Waals surface area contributed by atoms with Crippen molar-refractivity contribution in [1.82, 2.24) is 0 Å². The van der Waals surface area contributed by atoms with E-state index in [1.54, 1.807) is 0 Å². The normalized spacial score (nSPS) is 25.5. The second-order valence-electron chi connectivity index (χ2n) is 4.03. The molecule has 3 heteroatoms. The van der Waals surface area contributed by atoms with E-state index in [0.29, 0.717) is 11.3 Å². The van der Waals surface area contributed by atoms with Gasteiger partial charge < -0.3 is 4.74 Å². The lowest BCUT2D eigenvalue weighted by atomic mass is 10.1. The van der Waals surface area contributed by atoms with Gasteiger partial charge in [-0.1, -0.05) is 19.9 Å². The number of allylic oxidation sites excluding steroid dienone is 1. The molecule has 74 valence electrons. The molecule has 13 heavy (non-hydrogen) atoms. The van der Waals surface area contributed by atoms with E-state index < -0.39 is 0 Å². The first-order valence-corrected chi connectivity index (χ1v) is 5.58. The fourth-order valence-corrected chi connectivity index (χ4v) is 1.85. The molecule has 0 saturated heterocycles. The molecule has 0 aliphatic heterocycles. The molecule has 1 unspecified atom stereocenters. The Morgan fingerprint density at radius 3 is 2.46 bits per heavy atom. The molecule has 2 nitrogen and oxygen atoms in total. The Balaban J connectivity index is 2.62. The maximum atomic E-state index is 11.2. The summed E-state index contributed by atoms with van der Waals surface area (Å²) in [6, 6.07) is 0. The first-order chi connectivity index (χ1) is 6.01. The molecule has 0 aromatic heterocycles. The van der Waals surface area contributed by atoms with E-state index in [-0.39, 0.29) is 5.97 Å². The number of rotatable bonds is 3. The van der Waals surface area contributed by atoms with Crippen LogP contribution in [0.25, 0.3) is 0 Å². The van der Waals surface area contributed by atoms with Gasteiger partial charge in [0.2, 0.25) is 0 Å². The van der Waals surface area contributed by atoms with Gasteiger partial charge in [0.05, 0.1) is 12.0 Å². The van der Waals surface area contributed by atoms with Gasteiger partial charge in [0.15, 0.2) is 0 Å². The Morgan fingerprint density at radius 2 is 2.15 bits per heavy atom. The van der Waals surface area contributed by atoms with E-state index in [4.69, 9.17) is 0 Å². The van der Waals surface area contributed by atoms with E-state index in [9.17, 15) is 4.79 Å². The lowest BCUT2D eigenvalue weighted by Crippen LogP contribution is -2.02. The first-order valence-electron chi connectivity index (χ1n) is 4.35. The molecule has 1 rings (SSSR count). The van der Waals surface area contributed by atoms with Crippen molar-refractivity contribution in [3.63, 3.8) is 0 Å². The summed E-state index contributed by atoms with van der Waals surface area (Å²) in [4.78, 5) is 11.9. The van der Waals surface area contributed by atoms with Crippen molar-refractivity contribution in [2.75, 3.05) is 13.4 Å². The molecular weight excluding hydrogens is 184 g/mol. The zero-order valence-electron chi connectivity index (χ0n) is 8.59. The Morgan fingerprint density at radius 1 is 1.62 bits per heavy atom. The predicted molar refractivity (Wildman–Crippen MR) is 55.5 cm³/mol. The zero-order valence-corrected chi connectivity index (χ0v) is 9.40. The molecule has 0 N–H and O–H groups in total. The van der Waals surface area contributed by atoms with Gasteiger partial charge in [0.1, 0.15) is 0 Å². The molecule has 0 heterocycles. The average molecular weight is 200 g/mol. The zero-order chi connectivity index (χ0) is 10.1. The van der Waals surface area contributed by atoms with E-state index in [1.165, 1.54) is 25.3 Å². The molecule has 1 atom stereocenters. The third-order valence-electron chi connectivity index (χ3n) is 2.55. The van der Waals surface area contributed by atoms with Crippen molar-refractivity contribution >= 4 is 17.7 Å². The van der Waals surface area contributed by atoms with Gasteiger partial charge in [0, 0.05) is 0 Å². The van der Waals surface area contributed by atoms with E-state index in [0.717, 1.165) is 4.91 Å². The van der Waals surface area contributed by atoms with Crippen LogP contribution >= 0.6 is 11.8 Å². The van der Waals surface area contributed by atoms with Gasteiger partial charge in [-0.2, -0.15) is 0 Å². The Hall–Kier alpha value is -0.440. The van der Waals surface area contributed by atoms with Crippen molar-refractivity contribution in [2.24, 2.45) is 11.3 Å². The average Bonchev–Trinajstić information content (AvgIpc) is 2.68. The highest BCUT2D eigenvalue weighted by molar-refractivity contribution is 8.03. The molecule has 1 aliphatic carbocycles. The predicted octanol–water partition coefficient (Wildman–Crippen LogP) is 2.45. The minimum absolute atomic E-state index is 0.213. The van der Waals surface area contributed by atoms with E-state index >= 15 is 0 Å². The van der Waals surface area contributed by atoms with Crippen molar-refractivity contribution in [1.29, 1.82) is 0 Å². The third-order valence-corrected chi connectivity index (χ3v) is 3.29. The van der Waals surface area contributed by atoms with E-state index in [1.807, 2.05) is 12.3 Å². The third kappa shape index (κ3) is 2.50. The largest absolute Gasteiger partial charge is 0.465 e. The van der Waals surface area contributed by atoms with Crippen LogP contribution in [0.3, 0.4) is 0 Å². The van der Waals surface area contributed by atoms with Gasteiger partial charge in [-0.15, -0.1) is 11.8 Å². The van der Waals surface area contributed by atoms with Crippen molar-refractivity contribution in [2.45, 2.75) is 20.3 Å².